The molecule has 3 heterocycles. The van der Waals surface area contributed by atoms with E-state index < -0.39 is 0 Å². The second-order valence-electron chi connectivity index (χ2n) is 7.20. The van der Waals surface area contributed by atoms with Crippen molar-refractivity contribution in [2.75, 3.05) is 23.7 Å². The van der Waals surface area contributed by atoms with Gasteiger partial charge in [-0.05, 0) is 43.3 Å². The van der Waals surface area contributed by atoms with Gasteiger partial charge < -0.3 is 5.32 Å². The molecule has 0 saturated heterocycles. The summed E-state index contributed by atoms with van der Waals surface area (Å²) in [4.78, 5) is 47.7. The molecule has 0 fully saturated rings. The molecule has 2 amide bonds. The Morgan fingerprint density at radius 1 is 1.10 bits per heavy atom. The van der Waals surface area contributed by atoms with Crippen LogP contribution in [0, 0.1) is 0 Å². The highest BCUT2D eigenvalue weighted by atomic mass is 32.1. The lowest BCUT2D eigenvalue weighted by Crippen LogP contribution is -2.36. The third kappa shape index (κ3) is 5.19. The number of hydrogen-bond donors (Lipinski definition) is 2. The van der Waals surface area contributed by atoms with Crippen LogP contribution in [0.15, 0.2) is 48.7 Å². The van der Waals surface area contributed by atoms with E-state index in [2.05, 4.69) is 20.6 Å². The number of nitrogens with one attached hydrogen (secondary N) is 2. The van der Waals surface area contributed by atoms with Crippen molar-refractivity contribution >= 4 is 39.8 Å². The van der Waals surface area contributed by atoms with Gasteiger partial charge in [-0.2, -0.15) is 0 Å². The van der Waals surface area contributed by atoms with Gasteiger partial charge in [0.25, 0.3) is 5.91 Å². The number of fused-ring (bicyclic) bond motifs is 1. The van der Waals surface area contributed by atoms with E-state index in [9.17, 15) is 14.4 Å². The third-order valence-electron chi connectivity index (χ3n) is 4.87. The minimum absolute atomic E-state index is 0.0119. The Morgan fingerprint density at radius 3 is 2.61 bits per heavy atom. The Kier molecular flexibility index (Phi) is 6.15. The number of carbonyl (C=O) groups excluding carboxylic acids is 3. The summed E-state index contributed by atoms with van der Waals surface area (Å²) in [5.74, 6) is -0.423. The third-order valence-corrected chi connectivity index (χ3v) is 5.87. The van der Waals surface area contributed by atoms with Crippen molar-refractivity contribution in [3.05, 3.63) is 70.5 Å². The fraction of sp³-hybridized carbons (Fsp3) is 0.227. The van der Waals surface area contributed by atoms with E-state index in [4.69, 9.17) is 0 Å². The zero-order valence-corrected chi connectivity index (χ0v) is 17.7. The normalized spacial score (nSPS) is 13.3. The van der Waals surface area contributed by atoms with Gasteiger partial charge in [0.05, 0.1) is 12.2 Å². The number of benzene rings is 1. The summed E-state index contributed by atoms with van der Waals surface area (Å²) < 4.78 is 0. The second kappa shape index (κ2) is 9.15. The van der Waals surface area contributed by atoms with Crippen LogP contribution in [-0.4, -0.2) is 45.6 Å². The first kappa shape index (κ1) is 20.8. The quantitative estimate of drug-likeness (QED) is 0.577. The lowest BCUT2D eigenvalue weighted by atomic mass is 10.1. The molecule has 4 rings (SSSR count). The fourth-order valence-corrected chi connectivity index (χ4v) is 4.33. The summed E-state index contributed by atoms with van der Waals surface area (Å²) in [6, 6.07) is 12.0. The summed E-state index contributed by atoms with van der Waals surface area (Å²) >= 11 is 1.42. The molecular weight excluding hydrogens is 414 g/mol. The number of ketones is 1. The van der Waals surface area contributed by atoms with Crippen LogP contribution in [-0.2, 0) is 17.8 Å². The zero-order chi connectivity index (χ0) is 21.8. The molecular formula is C22H21N5O3S. The summed E-state index contributed by atoms with van der Waals surface area (Å²) in [5, 5.41) is 6.20. The van der Waals surface area contributed by atoms with Crippen LogP contribution >= 0.6 is 11.3 Å². The molecule has 0 radical (unpaired) electrons. The average molecular weight is 436 g/mol. The highest BCUT2D eigenvalue weighted by Crippen LogP contribution is 2.28. The molecule has 0 saturated carbocycles. The molecule has 158 valence electrons. The zero-order valence-electron chi connectivity index (χ0n) is 16.9. The van der Waals surface area contributed by atoms with Gasteiger partial charge in [0.15, 0.2) is 10.9 Å². The van der Waals surface area contributed by atoms with E-state index in [1.807, 2.05) is 4.90 Å². The van der Waals surface area contributed by atoms with E-state index in [1.165, 1.54) is 18.3 Å². The monoisotopic (exact) mass is 435 g/mol. The van der Waals surface area contributed by atoms with Crippen LogP contribution in [0.2, 0.25) is 0 Å². The fourth-order valence-electron chi connectivity index (χ4n) is 3.29. The number of Topliss-reactive ketones (excluding diaryl/α,β-unsaturated/α-hetero) is 1. The summed E-state index contributed by atoms with van der Waals surface area (Å²) in [7, 11) is 0. The topological polar surface area (TPSA) is 104 Å². The van der Waals surface area contributed by atoms with Gasteiger partial charge in [-0.1, -0.05) is 6.07 Å². The van der Waals surface area contributed by atoms with Crippen molar-refractivity contribution in [2.45, 2.75) is 19.9 Å². The molecule has 0 aliphatic carbocycles. The predicted octanol–water partition coefficient (Wildman–Crippen LogP) is 2.99. The van der Waals surface area contributed by atoms with Crippen LogP contribution in [0.5, 0.6) is 0 Å². The van der Waals surface area contributed by atoms with Gasteiger partial charge >= 0.3 is 0 Å². The van der Waals surface area contributed by atoms with Crippen molar-refractivity contribution in [2.24, 2.45) is 0 Å². The Balaban J connectivity index is 1.33. The molecule has 0 unspecified atom stereocenters. The highest BCUT2D eigenvalue weighted by molar-refractivity contribution is 7.15. The maximum Gasteiger partial charge on any atom is 0.276 e. The Morgan fingerprint density at radius 2 is 1.90 bits per heavy atom. The van der Waals surface area contributed by atoms with E-state index in [1.54, 1.807) is 48.7 Å². The standard InChI is InChI=1S/C22H21N5O3S/c1-14(28)15-5-7-16(8-6-15)24-20(29)13-27-11-9-17-19(12-27)31-22(25-17)26-21(30)18-4-2-3-10-23-18/h2-8,10H,9,11-13H2,1H3,(H,24,29)(H,25,26,30). The number of hydrogen-bond acceptors (Lipinski definition) is 7. The van der Waals surface area contributed by atoms with Gasteiger partial charge in [-0.15, -0.1) is 11.3 Å². The second-order valence-corrected chi connectivity index (χ2v) is 8.28. The molecule has 0 spiro atoms. The molecule has 8 nitrogen and oxygen atoms in total. The first-order valence-corrected chi connectivity index (χ1v) is 10.6. The van der Waals surface area contributed by atoms with Gasteiger partial charge in [0.2, 0.25) is 5.91 Å². The lowest BCUT2D eigenvalue weighted by molar-refractivity contribution is -0.117. The number of pyridine rings is 1. The van der Waals surface area contributed by atoms with Crippen molar-refractivity contribution < 1.29 is 14.4 Å². The average Bonchev–Trinajstić information content (AvgIpc) is 3.16. The van der Waals surface area contributed by atoms with Crippen LogP contribution < -0.4 is 10.6 Å². The molecule has 31 heavy (non-hydrogen) atoms. The van der Waals surface area contributed by atoms with Gasteiger partial charge in [-0.25, -0.2) is 4.98 Å². The maximum absolute atomic E-state index is 12.4. The summed E-state index contributed by atoms with van der Waals surface area (Å²) in [5.41, 5.74) is 2.56. The summed E-state index contributed by atoms with van der Waals surface area (Å²) in [6.07, 6.45) is 2.29. The number of anilines is 2. The SMILES string of the molecule is CC(=O)c1ccc(NC(=O)CN2CCc3nc(NC(=O)c4ccccn4)sc3C2)cc1. The maximum atomic E-state index is 12.4. The minimum atomic E-state index is -0.293. The van der Waals surface area contributed by atoms with E-state index >= 15 is 0 Å². The number of nitrogens with zero attached hydrogens (tertiary/aromatic N) is 3. The molecule has 1 aliphatic rings. The minimum Gasteiger partial charge on any atom is -0.325 e. The van der Waals surface area contributed by atoms with Crippen molar-refractivity contribution in [3.8, 4) is 0 Å². The van der Waals surface area contributed by atoms with Crippen LogP contribution in [0.25, 0.3) is 0 Å². The van der Waals surface area contributed by atoms with Crippen molar-refractivity contribution in [1.82, 2.24) is 14.9 Å². The van der Waals surface area contributed by atoms with Crippen LogP contribution in [0.4, 0.5) is 10.8 Å². The number of aromatic nitrogens is 2. The Bertz CT molecular complexity index is 1110. The number of thiazole rings is 1. The van der Waals surface area contributed by atoms with Gasteiger partial charge in [0.1, 0.15) is 5.69 Å². The molecule has 1 aromatic carbocycles. The van der Waals surface area contributed by atoms with Gasteiger partial charge in [-0.3, -0.25) is 29.6 Å². The molecule has 0 bridgehead atoms. The van der Waals surface area contributed by atoms with Crippen molar-refractivity contribution in [1.29, 1.82) is 0 Å². The first-order chi connectivity index (χ1) is 15.0. The number of rotatable bonds is 6. The van der Waals surface area contributed by atoms with Crippen molar-refractivity contribution in [3.63, 3.8) is 0 Å². The molecule has 3 aromatic rings. The van der Waals surface area contributed by atoms with E-state index in [0.717, 1.165) is 10.6 Å². The van der Waals surface area contributed by atoms with Crippen LogP contribution in [0.3, 0.4) is 0 Å². The molecule has 9 heteroatoms. The van der Waals surface area contributed by atoms with E-state index in [-0.39, 0.29) is 24.1 Å². The Labute approximate surface area is 183 Å². The molecule has 2 N–H and O–H groups in total. The molecule has 1 aliphatic heterocycles. The highest BCUT2D eigenvalue weighted by Gasteiger charge is 2.23. The summed E-state index contributed by atoms with van der Waals surface area (Å²) in [6.45, 7) is 3.07. The predicted molar refractivity (Wildman–Crippen MR) is 118 cm³/mol. The molecule has 0 atom stereocenters. The number of carbonyl (C=O) groups is 3. The van der Waals surface area contributed by atoms with Gasteiger partial charge in [0, 0.05) is 41.8 Å². The van der Waals surface area contributed by atoms with E-state index in [0.29, 0.717) is 41.6 Å². The first-order valence-electron chi connectivity index (χ1n) is 9.82. The number of amides is 2. The smallest absolute Gasteiger partial charge is 0.276 e. The largest absolute Gasteiger partial charge is 0.325 e. The molecule has 2 aromatic heterocycles. The Hall–Kier alpha value is -3.43. The van der Waals surface area contributed by atoms with Crippen LogP contribution in [0.1, 0.15) is 38.3 Å². The lowest BCUT2D eigenvalue weighted by Gasteiger charge is -2.25.